The predicted octanol–water partition coefficient (Wildman–Crippen LogP) is 14.8. The molecule has 58 heavy (non-hydrogen) atoms. The van der Waals surface area contributed by atoms with Crippen molar-refractivity contribution in [2.75, 3.05) is 0 Å². The molecule has 0 aliphatic rings. The number of fused-ring (bicyclic) bond motifs is 8. The van der Waals surface area contributed by atoms with E-state index in [4.69, 9.17) is 19.4 Å². The molecule has 0 saturated carbocycles. The first-order valence-electron chi connectivity index (χ1n) is 19.4. The Bertz CT molecular complexity index is 3570. The van der Waals surface area contributed by atoms with Gasteiger partial charge in [-0.05, 0) is 80.2 Å². The van der Waals surface area contributed by atoms with E-state index in [1.165, 1.54) is 31.1 Å². The minimum atomic E-state index is 0.631. The van der Waals surface area contributed by atoms with Gasteiger partial charge in [-0.3, -0.25) is 0 Å². The number of thiophene rings is 1. The quantitative estimate of drug-likeness (QED) is 0.175. The maximum Gasteiger partial charge on any atom is 0.165 e. The van der Waals surface area contributed by atoms with E-state index in [2.05, 4.69) is 182 Å². The van der Waals surface area contributed by atoms with Crippen molar-refractivity contribution in [1.82, 2.24) is 15.0 Å². The van der Waals surface area contributed by atoms with E-state index in [0.29, 0.717) is 17.5 Å². The summed E-state index contributed by atoms with van der Waals surface area (Å²) in [6, 6.07) is 66.2. The third-order valence-corrected chi connectivity index (χ3v) is 12.6. The molecule has 9 aromatic carbocycles. The number of furan rings is 1. The van der Waals surface area contributed by atoms with Crippen molar-refractivity contribution in [3.63, 3.8) is 0 Å². The van der Waals surface area contributed by atoms with Gasteiger partial charge in [0.1, 0.15) is 11.2 Å². The summed E-state index contributed by atoms with van der Waals surface area (Å²) in [6.45, 7) is 0. The van der Waals surface area contributed by atoms with Crippen molar-refractivity contribution < 1.29 is 4.42 Å². The van der Waals surface area contributed by atoms with Crippen LogP contribution in [0.2, 0.25) is 0 Å². The number of benzene rings is 9. The van der Waals surface area contributed by atoms with E-state index in [0.717, 1.165) is 71.5 Å². The molecule has 0 saturated heterocycles. The normalized spacial score (nSPS) is 11.8. The van der Waals surface area contributed by atoms with Gasteiger partial charge in [0.05, 0.1) is 0 Å². The smallest absolute Gasteiger partial charge is 0.165 e. The van der Waals surface area contributed by atoms with E-state index in [9.17, 15) is 0 Å². The summed E-state index contributed by atoms with van der Waals surface area (Å²) in [4.78, 5) is 15.8. The van der Waals surface area contributed by atoms with Crippen molar-refractivity contribution in [3.05, 3.63) is 188 Å². The SMILES string of the molecule is c1ccc(-c2ccc(-c3nc(-c4ccc(-c5cccc6oc7cc8ccccc8cc7c56)c5ccccc45)nc(-c4cccc5c4sc4ccccc45)n3)cc2)cc1. The summed E-state index contributed by atoms with van der Waals surface area (Å²) >= 11 is 1.78. The summed E-state index contributed by atoms with van der Waals surface area (Å²) in [5.41, 5.74) is 9.20. The minimum absolute atomic E-state index is 0.631. The van der Waals surface area contributed by atoms with Gasteiger partial charge in [0, 0.05) is 47.6 Å². The van der Waals surface area contributed by atoms with Crippen molar-refractivity contribution >= 4 is 75.0 Å². The molecule has 0 spiro atoms. The van der Waals surface area contributed by atoms with Crippen LogP contribution < -0.4 is 0 Å². The van der Waals surface area contributed by atoms with Crippen LogP contribution >= 0.6 is 11.3 Å². The fraction of sp³-hybridized carbons (Fsp3) is 0. The lowest BCUT2D eigenvalue weighted by Gasteiger charge is -2.14. The van der Waals surface area contributed by atoms with Gasteiger partial charge in [0.15, 0.2) is 17.5 Å². The Hall–Kier alpha value is -7.47. The Morgan fingerprint density at radius 1 is 0.345 bits per heavy atom. The Kier molecular flexibility index (Phi) is 7.37. The third kappa shape index (κ3) is 5.25. The molecule has 12 aromatic rings. The Morgan fingerprint density at radius 3 is 1.76 bits per heavy atom. The number of aromatic nitrogens is 3. The average molecular weight is 758 g/mol. The van der Waals surface area contributed by atoms with Crippen LogP contribution in [0.1, 0.15) is 0 Å². The maximum atomic E-state index is 6.49. The first-order valence-corrected chi connectivity index (χ1v) is 20.2. The van der Waals surface area contributed by atoms with Gasteiger partial charge >= 0.3 is 0 Å². The van der Waals surface area contributed by atoms with Crippen LogP contribution in [0, 0.1) is 0 Å². The Balaban J connectivity index is 1.07. The minimum Gasteiger partial charge on any atom is -0.456 e. The molecule has 5 heteroatoms. The molecule has 0 radical (unpaired) electrons. The molecule has 0 atom stereocenters. The van der Waals surface area contributed by atoms with E-state index >= 15 is 0 Å². The molecule has 3 aromatic heterocycles. The molecule has 0 bridgehead atoms. The fourth-order valence-electron chi connectivity index (χ4n) is 8.58. The standard InChI is InChI=1S/C53H31N3OS/c1-2-12-32(13-3-1)33-24-26-34(27-25-33)51-54-52(56-53(55-51)44-21-10-20-42-40-18-8-9-23-48(40)58-50(42)44)43-29-28-39(37-16-6-7-17-38(37)43)41-19-11-22-46-49(41)45-30-35-14-4-5-15-36(35)31-47(45)57-46/h1-31H. The summed E-state index contributed by atoms with van der Waals surface area (Å²) < 4.78 is 8.90. The molecule has 0 aliphatic carbocycles. The van der Waals surface area contributed by atoms with Crippen LogP contribution in [0.4, 0.5) is 0 Å². The second kappa shape index (κ2) is 13.1. The zero-order valence-electron chi connectivity index (χ0n) is 31.1. The van der Waals surface area contributed by atoms with Crippen LogP contribution in [-0.4, -0.2) is 15.0 Å². The molecule has 3 heterocycles. The van der Waals surface area contributed by atoms with Gasteiger partial charge in [0.25, 0.3) is 0 Å². The molecule has 0 unspecified atom stereocenters. The first-order chi connectivity index (χ1) is 28.7. The van der Waals surface area contributed by atoms with Gasteiger partial charge in [-0.15, -0.1) is 11.3 Å². The molecular weight excluding hydrogens is 727 g/mol. The lowest BCUT2D eigenvalue weighted by Crippen LogP contribution is -2.01. The molecule has 0 N–H and O–H groups in total. The van der Waals surface area contributed by atoms with Crippen LogP contribution in [0.3, 0.4) is 0 Å². The lowest BCUT2D eigenvalue weighted by molar-refractivity contribution is 0.669. The number of rotatable bonds is 5. The topological polar surface area (TPSA) is 51.8 Å². The molecule has 270 valence electrons. The van der Waals surface area contributed by atoms with Gasteiger partial charge in [0.2, 0.25) is 0 Å². The largest absolute Gasteiger partial charge is 0.456 e. The molecular formula is C53H31N3OS. The monoisotopic (exact) mass is 757 g/mol. The van der Waals surface area contributed by atoms with Crippen molar-refractivity contribution in [3.8, 4) is 56.4 Å². The number of hydrogen-bond donors (Lipinski definition) is 0. The third-order valence-electron chi connectivity index (χ3n) is 11.3. The van der Waals surface area contributed by atoms with Crippen molar-refractivity contribution in [2.24, 2.45) is 0 Å². The molecule has 12 rings (SSSR count). The lowest BCUT2D eigenvalue weighted by atomic mass is 9.92. The van der Waals surface area contributed by atoms with Crippen molar-refractivity contribution in [1.29, 1.82) is 0 Å². The highest BCUT2D eigenvalue weighted by Crippen LogP contribution is 2.43. The van der Waals surface area contributed by atoms with Crippen LogP contribution in [0.15, 0.2) is 192 Å². The highest BCUT2D eigenvalue weighted by Gasteiger charge is 2.20. The highest BCUT2D eigenvalue weighted by molar-refractivity contribution is 7.26. The maximum absolute atomic E-state index is 6.49. The summed E-state index contributed by atoms with van der Waals surface area (Å²) in [5.74, 6) is 1.92. The van der Waals surface area contributed by atoms with Gasteiger partial charge in [-0.1, -0.05) is 152 Å². The van der Waals surface area contributed by atoms with Crippen LogP contribution in [0.25, 0.3) is 120 Å². The predicted molar refractivity (Wildman–Crippen MR) is 242 cm³/mol. The highest BCUT2D eigenvalue weighted by atomic mass is 32.1. The molecule has 4 nitrogen and oxygen atoms in total. The van der Waals surface area contributed by atoms with E-state index in [1.54, 1.807) is 11.3 Å². The van der Waals surface area contributed by atoms with E-state index in [1.807, 2.05) is 6.07 Å². The second-order valence-electron chi connectivity index (χ2n) is 14.7. The van der Waals surface area contributed by atoms with Gasteiger partial charge in [-0.2, -0.15) is 0 Å². The molecule has 0 aliphatic heterocycles. The van der Waals surface area contributed by atoms with Gasteiger partial charge < -0.3 is 4.42 Å². The second-order valence-corrected chi connectivity index (χ2v) is 15.8. The zero-order chi connectivity index (χ0) is 38.2. The molecule has 0 amide bonds. The van der Waals surface area contributed by atoms with Gasteiger partial charge in [-0.25, -0.2) is 15.0 Å². The number of nitrogens with zero attached hydrogens (tertiary/aromatic N) is 3. The molecule has 0 fully saturated rings. The van der Waals surface area contributed by atoms with Crippen molar-refractivity contribution in [2.45, 2.75) is 0 Å². The number of hydrogen-bond acceptors (Lipinski definition) is 5. The average Bonchev–Trinajstić information content (AvgIpc) is 3.86. The Labute approximate surface area is 337 Å². The summed E-state index contributed by atoms with van der Waals surface area (Å²) in [7, 11) is 0. The first kappa shape index (κ1) is 32.7. The summed E-state index contributed by atoms with van der Waals surface area (Å²) in [5, 5.41) is 9.21. The van der Waals surface area contributed by atoms with E-state index < -0.39 is 0 Å². The van der Waals surface area contributed by atoms with E-state index in [-0.39, 0.29) is 0 Å². The zero-order valence-corrected chi connectivity index (χ0v) is 31.9. The fourth-order valence-corrected chi connectivity index (χ4v) is 9.79. The Morgan fingerprint density at radius 2 is 0.931 bits per heavy atom. The van der Waals surface area contributed by atoms with Crippen LogP contribution in [-0.2, 0) is 0 Å². The summed E-state index contributed by atoms with van der Waals surface area (Å²) in [6.07, 6.45) is 0. The van der Waals surface area contributed by atoms with Crippen LogP contribution in [0.5, 0.6) is 0 Å².